The molecule has 7 nitrogen and oxygen atoms in total. The van der Waals surface area contributed by atoms with Gasteiger partial charge in [0.15, 0.2) is 5.76 Å². The predicted molar refractivity (Wildman–Crippen MR) is 133 cm³/mol. The highest BCUT2D eigenvalue weighted by molar-refractivity contribution is 6.30. The highest BCUT2D eigenvalue weighted by Gasteiger charge is 2.30. The number of nitrogens with one attached hydrogen (secondary N) is 1. The Hall–Kier alpha value is -3.84. The molecule has 1 fully saturated rings. The van der Waals surface area contributed by atoms with Gasteiger partial charge in [-0.05, 0) is 60.0 Å². The number of nitrogens with zero attached hydrogens (tertiary/aromatic N) is 2. The molecule has 0 aliphatic carbocycles. The lowest BCUT2D eigenvalue weighted by Gasteiger charge is -2.31. The van der Waals surface area contributed by atoms with E-state index in [1.807, 2.05) is 42.5 Å². The Labute approximate surface area is 207 Å². The quantitative estimate of drug-likeness (QED) is 0.384. The summed E-state index contributed by atoms with van der Waals surface area (Å²) >= 11 is 5.85. The largest absolute Gasteiger partial charge is 0.486 e. The first-order valence-corrected chi connectivity index (χ1v) is 11.8. The van der Waals surface area contributed by atoms with Crippen molar-refractivity contribution in [3.63, 3.8) is 0 Å². The van der Waals surface area contributed by atoms with Crippen molar-refractivity contribution >= 4 is 40.0 Å². The number of carbonyl (C=O) groups excluding carboxylic acids is 2. The van der Waals surface area contributed by atoms with Crippen LogP contribution in [0.15, 0.2) is 77.3 Å². The van der Waals surface area contributed by atoms with Gasteiger partial charge in [-0.25, -0.2) is 4.98 Å². The summed E-state index contributed by atoms with van der Waals surface area (Å²) in [6.07, 6.45) is 2.91. The molecule has 1 aliphatic rings. The molecule has 3 heterocycles. The van der Waals surface area contributed by atoms with E-state index in [1.54, 1.807) is 29.2 Å². The Morgan fingerprint density at radius 1 is 1.09 bits per heavy atom. The number of rotatable bonds is 6. The molecule has 2 amide bonds. The third kappa shape index (κ3) is 5.46. The van der Waals surface area contributed by atoms with E-state index in [2.05, 4.69) is 10.3 Å². The fourth-order valence-electron chi connectivity index (χ4n) is 4.19. The number of hydrogen-bond acceptors (Lipinski definition) is 5. The average molecular weight is 490 g/mol. The first-order chi connectivity index (χ1) is 17.0. The van der Waals surface area contributed by atoms with Crippen molar-refractivity contribution in [3.8, 4) is 5.75 Å². The van der Waals surface area contributed by atoms with Crippen LogP contribution in [0.1, 0.15) is 29.2 Å². The molecular weight excluding hydrogens is 466 g/mol. The van der Waals surface area contributed by atoms with Crippen LogP contribution >= 0.6 is 11.6 Å². The molecule has 178 valence electrons. The molecule has 1 unspecified atom stereocenters. The maximum absolute atomic E-state index is 13.0. The summed E-state index contributed by atoms with van der Waals surface area (Å²) in [5, 5.41) is 5.53. The van der Waals surface area contributed by atoms with E-state index in [-0.39, 0.29) is 30.1 Å². The molecule has 1 aliphatic heterocycles. The molecule has 8 heteroatoms. The molecule has 0 saturated carbocycles. The Morgan fingerprint density at radius 3 is 2.77 bits per heavy atom. The molecule has 2 aromatic heterocycles. The van der Waals surface area contributed by atoms with E-state index in [0.717, 1.165) is 22.9 Å². The van der Waals surface area contributed by atoms with E-state index in [1.165, 1.54) is 6.20 Å². The van der Waals surface area contributed by atoms with Crippen LogP contribution in [-0.4, -0.2) is 34.8 Å². The second kappa shape index (κ2) is 10.2. The summed E-state index contributed by atoms with van der Waals surface area (Å²) in [7, 11) is 0. The molecular formula is C27H24ClN3O4. The number of fused-ring (bicyclic) bond motifs is 1. The minimum atomic E-state index is -0.323. The van der Waals surface area contributed by atoms with Crippen molar-refractivity contribution in [1.29, 1.82) is 0 Å². The molecule has 0 radical (unpaired) electrons. The van der Waals surface area contributed by atoms with Gasteiger partial charge in [-0.2, -0.15) is 0 Å². The lowest BCUT2D eigenvalue weighted by Crippen LogP contribution is -2.43. The number of carbonyl (C=O) groups is 2. The number of piperidine rings is 1. The fraction of sp³-hybridized carbons (Fsp3) is 0.222. The molecule has 2 aromatic carbocycles. The normalized spacial score (nSPS) is 15.7. The van der Waals surface area contributed by atoms with Crippen molar-refractivity contribution in [2.75, 3.05) is 18.4 Å². The highest BCUT2D eigenvalue weighted by Crippen LogP contribution is 2.24. The molecule has 5 rings (SSSR count). The number of ether oxygens (including phenoxy) is 1. The summed E-state index contributed by atoms with van der Waals surface area (Å²) in [6.45, 7) is 1.11. The number of hydrogen-bond donors (Lipinski definition) is 1. The van der Waals surface area contributed by atoms with Crippen LogP contribution in [0.4, 0.5) is 5.82 Å². The summed E-state index contributed by atoms with van der Waals surface area (Å²) in [5.41, 5.74) is 0. The number of pyridine rings is 1. The topological polar surface area (TPSA) is 84.7 Å². The average Bonchev–Trinajstić information content (AvgIpc) is 3.37. The third-order valence-corrected chi connectivity index (χ3v) is 6.26. The molecule has 1 atom stereocenters. The summed E-state index contributed by atoms with van der Waals surface area (Å²) < 4.78 is 11.6. The van der Waals surface area contributed by atoms with Crippen LogP contribution in [-0.2, 0) is 11.4 Å². The zero-order chi connectivity index (χ0) is 24.2. The summed E-state index contributed by atoms with van der Waals surface area (Å²) in [4.78, 5) is 31.5. The highest BCUT2D eigenvalue weighted by atomic mass is 35.5. The van der Waals surface area contributed by atoms with Gasteiger partial charge >= 0.3 is 0 Å². The zero-order valence-electron chi connectivity index (χ0n) is 18.9. The van der Waals surface area contributed by atoms with Crippen molar-refractivity contribution in [3.05, 3.63) is 89.5 Å². The van der Waals surface area contributed by atoms with E-state index in [9.17, 15) is 9.59 Å². The first kappa shape index (κ1) is 22.9. The van der Waals surface area contributed by atoms with Crippen LogP contribution < -0.4 is 10.1 Å². The van der Waals surface area contributed by atoms with Gasteiger partial charge in [0.05, 0.1) is 10.9 Å². The molecule has 35 heavy (non-hydrogen) atoms. The lowest BCUT2D eigenvalue weighted by molar-refractivity contribution is -0.121. The summed E-state index contributed by atoms with van der Waals surface area (Å²) in [6, 6.07) is 20.7. The number of benzene rings is 2. The number of likely N-dealkylation sites (tertiary alicyclic amines) is 1. The number of halogens is 1. The van der Waals surface area contributed by atoms with Crippen molar-refractivity contribution in [2.24, 2.45) is 5.92 Å². The van der Waals surface area contributed by atoms with Gasteiger partial charge in [0.1, 0.15) is 23.9 Å². The third-order valence-electron chi connectivity index (χ3n) is 6.03. The van der Waals surface area contributed by atoms with Crippen LogP contribution in [0.5, 0.6) is 5.75 Å². The van der Waals surface area contributed by atoms with Crippen LogP contribution in [0, 0.1) is 5.92 Å². The number of anilines is 1. The van der Waals surface area contributed by atoms with Crippen LogP contribution in [0.2, 0.25) is 5.02 Å². The number of aromatic nitrogens is 1. The second-order valence-corrected chi connectivity index (χ2v) is 8.94. The van der Waals surface area contributed by atoms with Crippen LogP contribution in [0.25, 0.3) is 10.8 Å². The first-order valence-electron chi connectivity index (χ1n) is 11.5. The molecule has 1 saturated heterocycles. The minimum absolute atomic E-state index is 0.166. The monoisotopic (exact) mass is 489 g/mol. The van der Waals surface area contributed by atoms with Gasteiger partial charge in [-0.1, -0.05) is 41.9 Å². The van der Waals surface area contributed by atoms with Crippen LogP contribution in [0.3, 0.4) is 0 Å². The van der Waals surface area contributed by atoms with Crippen molar-refractivity contribution < 1.29 is 18.7 Å². The standard InChI is InChI=1S/C27H24ClN3O4/c28-21-8-12-25(29-15-21)30-26(32)20-6-3-13-31(16-20)27(33)24-11-10-23(35-24)17-34-22-9-7-18-4-1-2-5-19(18)14-22/h1-2,4-5,7-12,14-15,20H,3,6,13,16-17H2,(H,29,30,32). The van der Waals surface area contributed by atoms with Gasteiger partial charge < -0.3 is 19.4 Å². The lowest BCUT2D eigenvalue weighted by atomic mass is 9.97. The van der Waals surface area contributed by atoms with Gasteiger partial charge in [-0.3, -0.25) is 9.59 Å². The summed E-state index contributed by atoms with van der Waals surface area (Å²) in [5.74, 6) is 1.24. The zero-order valence-corrected chi connectivity index (χ0v) is 19.7. The minimum Gasteiger partial charge on any atom is -0.486 e. The molecule has 1 N–H and O–H groups in total. The Kier molecular flexibility index (Phi) is 6.68. The smallest absolute Gasteiger partial charge is 0.289 e. The Morgan fingerprint density at radius 2 is 1.94 bits per heavy atom. The van der Waals surface area contributed by atoms with Crippen molar-refractivity contribution in [2.45, 2.75) is 19.4 Å². The van der Waals surface area contributed by atoms with E-state index < -0.39 is 0 Å². The van der Waals surface area contributed by atoms with Gasteiger partial charge in [0.2, 0.25) is 5.91 Å². The van der Waals surface area contributed by atoms with Crippen molar-refractivity contribution in [1.82, 2.24) is 9.88 Å². The van der Waals surface area contributed by atoms with Gasteiger partial charge in [0.25, 0.3) is 5.91 Å². The van der Waals surface area contributed by atoms with E-state index in [0.29, 0.717) is 36.1 Å². The van der Waals surface area contributed by atoms with Gasteiger partial charge in [-0.15, -0.1) is 0 Å². The molecule has 0 spiro atoms. The fourth-order valence-corrected chi connectivity index (χ4v) is 4.30. The van der Waals surface area contributed by atoms with E-state index in [4.69, 9.17) is 20.8 Å². The Balaban J connectivity index is 1.18. The Bertz CT molecular complexity index is 1350. The molecule has 4 aromatic rings. The SMILES string of the molecule is O=C(Nc1ccc(Cl)cn1)C1CCCN(C(=O)c2ccc(COc3ccc4ccccc4c3)o2)C1. The maximum atomic E-state index is 13.0. The molecule has 0 bridgehead atoms. The number of amides is 2. The van der Waals surface area contributed by atoms with E-state index >= 15 is 0 Å². The predicted octanol–water partition coefficient (Wildman–Crippen LogP) is 5.55. The second-order valence-electron chi connectivity index (χ2n) is 8.50. The number of furan rings is 1. The maximum Gasteiger partial charge on any atom is 0.289 e. The van der Waals surface area contributed by atoms with Gasteiger partial charge in [0, 0.05) is 19.3 Å².